The standard InChI is InChI=1S/C58H63N3O9/c1-35-12-20-47-51-34-70-54-27-38(16-21-53(54)68-3)15-18-45(64)30-46(29-42-28-44(63)19-17-40(42)25-39(33-62)14-13-37-10-7-11-43(26-37)61-58(59)60-2)69-23-22-41(24-36-8-5-4-6-9-36)55-50(31-49(51)57(66)67)56(47)48(35)32-52(55)65/h4-12,16-17,19-21,26-28,31-32,35,39-42,46,57,62-63,65-67H,13-15,18,24-25,29-30,33-34H2,1-3H3,(H3,59,60,61). The van der Waals surface area contributed by atoms with Gasteiger partial charge in [0.15, 0.2) is 23.7 Å². The Balaban J connectivity index is 1.16. The Morgan fingerprint density at radius 1 is 0.971 bits per heavy atom. The lowest BCUT2D eigenvalue weighted by molar-refractivity contribution is -0.121. The highest BCUT2D eigenvalue weighted by Gasteiger charge is 2.31. The zero-order valence-electron chi connectivity index (χ0n) is 40.0. The number of carbonyl (C=O) groups excluding carboxylic acids is 1. The van der Waals surface area contributed by atoms with Crippen molar-refractivity contribution in [1.29, 1.82) is 0 Å². The van der Waals surface area contributed by atoms with E-state index in [0.29, 0.717) is 66.1 Å². The van der Waals surface area contributed by atoms with Gasteiger partial charge in [-0.25, -0.2) is 0 Å². The maximum absolute atomic E-state index is 14.1. The third kappa shape index (κ3) is 11.7. The van der Waals surface area contributed by atoms with E-state index in [4.69, 9.17) is 19.9 Å². The molecular weight excluding hydrogens is 883 g/mol. The molecular formula is C58H63N3O9. The van der Waals surface area contributed by atoms with Crippen molar-refractivity contribution < 1.29 is 44.5 Å². The van der Waals surface area contributed by atoms with Gasteiger partial charge in [-0.3, -0.25) is 9.79 Å². The molecule has 0 saturated carbocycles. The van der Waals surface area contributed by atoms with Crippen LogP contribution in [0.2, 0.25) is 0 Å². The number of carbonyl (C=O) groups is 1. The number of hydrogen-bond donors (Lipinski definition) is 7. The summed E-state index contributed by atoms with van der Waals surface area (Å²) >= 11 is 0. The Hall–Kier alpha value is -7.04. The summed E-state index contributed by atoms with van der Waals surface area (Å²) in [4.78, 5) is 18.1. The Kier molecular flexibility index (Phi) is 15.9. The number of guanidine groups is 1. The predicted molar refractivity (Wildman–Crippen MR) is 274 cm³/mol. The molecule has 0 fully saturated rings. The van der Waals surface area contributed by atoms with Gasteiger partial charge in [0.05, 0.1) is 13.0 Å². The Bertz CT molecular complexity index is 2880. The van der Waals surface area contributed by atoms with E-state index in [1.165, 1.54) is 0 Å². The third-order valence-corrected chi connectivity index (χ3v) is 13.9. The van der Waals surface area contributed by atoms with Crippen LogP contribution in [0.1, 0.15) is 102 Å². The molecule has 8 N–H and O–H groups in total. The lowest BCUT2D eigenvalue weighted by atomic mass is 9.77. The van der Waals surface area contributed by atoms with Crippen molar-refractivity contribution in [3.05, 3.63) is 159 Å². The van der Waals surface area contributed by atoms with E-state index < -0.39 is 18.3 Å². The quantitative estimate of drug-likeness (QED) is 0.0257. The summed E-state index contributed by atoms with van der Waals surface area (Å²) in [5, 5.41) is 60.2. The first-order valence-corrected chi connectivity index (χ1v) is 24.1. The summed E-state index contributed by atoms with van der Waals surface area (Å²) in [5.74, 6) is 3.61. The highest BCUT2D eigenvalue weighted by Crippen LogP contribution is 2.47. The van der Waals surface area contributed by atoms with Crippen molar-refractivity contribution in [1.82, 2.24) is 0 Å². The molecule has 2 aliphatic heterocycles. The average Bonchev–Trinajstić information content (AvgIpc) is 3.35. The Labute approximate surface area is 409 Å². The third-order valence-electron chi connectivity index (χ3n) is 13.9. The summed E-state index contributed by atoms with van der Waals surface area (Å²) < 4.78 is 18.7. The average molecular weight is 946 g/mol. The lowest BCUT2D eigenvalue weighted by Crippen LogP contribution is -2.26. The van der Waals surface area contributed by atoms with Crippen LogP contribution in [0.4, 0.5) is 5.69 Å². The second-order valence-electron chi connectivity index (χ2n) is 18.7. The predicted octanol–water partition coefficient (Wildman–Crippen LogP) is 9.45. The molecule has 6 atom stereocenters. The number of aliphatic hydroxyl groups is 4. The number of hydrogen-bond acceptors (Lipinski definition) is 10. The molecule has 6 bridgehead atoms. The van der Waals surface area contributed by atoms with Crippen molar-refractivity contribution in [2.24, 2.45) is 28.5 Å². The number of anilines is 1. The maximum atomic E-state index is 14.1. The number of methoxy groups -OCH3 is 1. The zero-order valence-corrected chi connectivity index (χ0v) is 40.0. The molecule has 0 radical (unpaired) electrons. The number of ether oxygens (including phenoxy) is 3. The Morgan fingerprint density at radius 2 is 1.79 bits per heavy atom. The minimum absolute atomic E-state index is 0.0169. The number of benzene rings is 5. The van der Waals surface area contributed by atoms with Gasteiger partial charge in [-0.2, -0.15) is 0 Å². The number of rotatable bonds is 13. The number of nitrogens with zero attached hydrogens (tertiary/aromatic N) is 1. The molecule has 6 unspecified atom stereocenters. The van der Waals surface area contributed by atoms with Gasteiger partial charge >= 0.3 is 0 Å². The monoisotopic (exact) mass is 945 g/mol. The second-order valence-corrected chi connectivity index (χ2v) is 18.7. The number of allylic oxidation sites excluding steroid dienone is 4. The van der Waals surface area contributed by atoms with Crippen molar-refractivity contribution in [3.63, 3.8) is 0 Å². The van der Waals surface area contributed by atoms with Crippen LogP contribution in [0.5, 0.6) is 17.2 Å². The van der Waals surface area contributed by atoms with E-state index in [9.17, 15) is 30.3 Å². The van der Waals surface area contributed by atoms with Crippen LogP contribution >= 0.6 is 0 Å². The van der Waals surface area contributed by atoms with Gasteiger partial charge in [0.2, 0.25) is 0 Å². The number of nitrogens with one attached hydrogen (secondary N) is 1. The number of aliphatic hydroxyl groups excluding tert-OH is 3. The number of fused-ring (bicyclic) bond motifs is 9. The summed E-state index contributed by atoms with van der Waals surface area (Å²) in [6.45, 7) is 2.01. The summed E-state index contributed by atoms with van der Waals surface area (Å²) in [6, 6.07) is 26.8. The summed E-state index contributed by atoms with van der Waals surface area (Å²) in [5.41, 5.74) is 12.6. The number of phenolic OH excluding ortho intramolecular Hbond substituents is 1. The fourth-order valence-corrected chi connectivity index (χ4v) is 10.2. The zero-order chi connectivity index (χ0) is 49.3. The number of ketones is 1. The number of Topliss-reactive ketones (excluding diaryl/α,β-unsaturated/α-hetero) is 1. The van der Waals surface area contributed by atoms with Crippen LogP contribution in [0.25, 0.3) is 16.8 Å². The fraction of sp³-hybridized carbons (Fsp3) is 0.345. The van der Waals surface area contributed by atoms with Crippen molar-refractivity contribution in [2.45, 2.75) is 89.1 Å². The molecule has 5 aromatic rings. The molecule has 0 aromatic heterocycles. The molecule has 0 saturated heterocycles. The minimum atomic E-state index is -1.87. The molecule has 0 spiro atoms. The van der Waals surface area contributed by atoms with Crippen LogP contribution in [0.15, 0.2) is 120 Å². The topological polar surface area (TPSA) is 196 Å². The Morgan fingerprint density at radius 3 is 2.56 bits per heavy atom. The van der Waals surface area contributed by atoms with Crippen molar-refractivity contribution in [2.75, 3.05) is 26.1 Å². The maximum Gasteiger partial charge on any atom is 0.192 e. The van der Waals surface area contributed by atoms with E-state index in [1.807, 2.05) is 91.0 Å². The number of aliphatic imine (C=N–C) groups is 1. The summed E-state index contributed by atoms with van der Waals surface area (Å²) in [6.07, 6.45) is 13.5. The minimum Gasteiger partial charge on any atom is -0.508 e. The number of aromatic hydroxyl groups is 1. The molecule has 2 aliphatic carbocycles. The summed E-state index contributed by atoms with van der Waals surface area (Å²) in [7, 11) is 3.18. The van der Waals surface area contributed by atoms with E-state index in [-0.39, 0.29) is 72.6 Å². The van der Waals surface area contributed by atoms with E-state index in [2.05, 4.69) is 29.3 Å². The molecule has 70 heavy (non-hydrogen) atoms. The molecule has 9 rings (SSSR count). The van der Waals surface area contributed by atoms with Gasteiger partial charge in [0, 0.05) is 54.8 Å². The van der Waals surface area contributed by atoms with Crippen LogP contribution in [0, 0.1) is 29.8 Å². The molecule has 2 heterocycles. The first-order chi connectivity index (χ1) is 33.9. The smallest absolute Gasteiger partial charge is 0.192 e. The van der Waals surface area contributed by atoms with Gasteiger partial charge < -0.3 is 50.8 Å². The van der Waals surface area contributed by atoms with Crippen LogP contribution in [-0.2, 0) is 35.4 Å². The van der Waals surface area contributed by atoms with Crippen LogP contribution < -0.4 is 20.5 Å². The molecule has 0 amide bonds. The highest BCUT2D eigenvalue weighted by atomic mass is 16.5. The molecule has 364 valence electrons. The normalized spacial score (nSPS) is 20.7. The second kappa shape index (κ2) is 22.6. The molecule has 12 nitrogen and oxygen atoms in total. The largest absolute Gasteiger partial charge is 0.508 e. The van der Waals surface area contributed by atoms with E-state index in [0.717, 1.165) is 45.3 Å². The van der Waals surface area contributed by atoms with E-state index >= 15 is 0 Å². The first kappa shape index (κ1) is 49.4. The number of nitrogens with two attached hydrogens (primary N) is 1. The van der Waals surface area contributed by atoms with Gasteiger partial charge in [0.1, 0.15) is 36.1 Å². The molecule has 12 heteroatoms. The number of phenols is 1. The van der Waals surface area contributed by atoms with Crippen molar-refractivity contribution >= 4 is 34.3 Å². The molecule has 5 aromatic carbocycles. The van der Waals surface area contributed by atoms with Gasteiger partial charge in [0.25, 0.3) is 0 Å². The van der Waals surface area contributed by atoms with Gasteiger partial charge in [-0.1, -0.05) is 79.6 Å². The highest BCUT2D eigenvalue weighted by molar-refractivity contribution is 6.01. The van der Waals surface area contributed by atoms with Gasteiger partial charge in [-0.15, -0.1) is 0 Å². The number of aryl methyl sites for hydroxylation is 2. The SMILES string of the molecule is CN=C(N)Nc1cccc(CCC(CO)CC2C=CC(O)=CC2CC2CC(=O)CCc3ccc(OC)c(c3)OCc3c(C(O)O)cc4c(c(O)cc5c4c3C=CC5C)C(Cc3ccccc3)C#CO2)c1. The van der Waals surface area contributed by atoms with Gasteiger partial charge in [-0.05, 0) is 143 Å². The first-order valence-electron chi connectivity index (χ1n) is 24.1. The van der Waals surface area contributed by atoms with Crippen LogP contribution in [0.3, 0.4) is 0 Å². The lowest BCUT2D eigenvalue weighted by Gasteiger charge is -2.30. The van der Waals surface area contributed by atoms with E-state index in [1.54, 1.807) is 38.4 Å². The van der Waals surface area contributed by atoms with Crippen LogP contribution in [-0.4, -0.2) is 64.1 Å². The van der Waals surface area contributed by atoms with Crippen molar-refractivity contribution in [3.8, 4) is 29.3 Å². The fourth-order valence-electron chi connectivity index (χ4n) is 10.2. The molecule has 4 aliphatic rings.